The van der Waals surface area contributed by atoms with Gasteiger partial charge in [-0.25, -0.2) is 0 Å². The summed E-state index contributed by atoms with van der Waals surface area (Å²) in [7, 11) is 0. The quantitative estimate of drug-likeness (QED) is 0.140. The van der Waals surface area contributed by atoms with Crippen LogP contribution in [0.25, 0.3) is 72.9 Å². The molecule has 4 aliphatic carbocycles. The van der Waals surface area contributed by atoms with E-state index < -0.39 is 0 Å². The van der Waals surface area contributed by atoms with E-state index in [1.807, 2.05) is 0 Å². The number of aromatic nitrogens is 1. The van der Waals surface area contributed by atoms with Crippen molar-refractivity contribution in [2.45, 2.75) is 37.0 Å². The molecule has 9 aromatic carbocycles. The van der Waals surface area contributed by atoms with Crippen molar-refractivity contribution in [2.24, 2.45) is 5.92 Å². The van der Waals surface area contributed by atoms with E-state index in [9.17, 15) is 0 Å². The number of fused-ring (bicyclic) bond motifs is 7. The molecule has 1 heterocycles. The first-order chi connectivity index (χ1) is 36.2. The molecule has 2 nitrogen and oxygen atoms in total. The Morgan fingerprint density at radius 3 is 1.88 bits per heavy atom. The van der Waals surface area contributed by atoms with Crippen molar-refractivity contribution >= 4 is 50.9 Å². The molecule has 0 fully saturated rings. The first-order valence-corrected chi connectivity index (χ1v) is 26.1. The van der Waals surface area contributed by atoms with E-state index in [0.29, 0.717) is 0 Å². The Bertz CT molecular complexity index is 4000. The van der Waals surface area contributed by atoms with Gasteiger partial charge in [0.1, 0.15) is 0 Å². The van der Waals surface area contributed by atoms with Crippen molar-refractivity contribution in [1.29, 1.82) is 0 Å². The van der Waals surface area contributed by atoms with Gasteiger partial charge in [-0.3, -0.25) is 0 Å². The molecule has 14 rings (SSSR count). The maximum Gasteiger partial charge on any atom is 0.0541 e. The number of allylic oxidation sites excluding steroid dienone is 8. The molecule has 0 saturated heterocycles. The van der Waals surface area contributed by atoms with Gasteiger partial charge in [0.25, 0.3) is 0 Å². The van der Waals surface area contributed by atoms with Gasteiger partial charge in [0.05, 0.1) is 16.6 Å². The molecule has 0 bridgehead atoms. The molecule has 1 aromatic heterocycles. The lowest BCUT2D eigenvalue weighted by Gasteiger charge is -2.40. The second-order valence-corrected chi connectivity index (χ2v) is 20.1. The van der Waals surface area contributed by atoms with E-state index in [1.54, 1.807) is 0 Å². The molecular weight excluding hydrogens is 881 g/mol. The predicted octanol–water partition coefficient (Wildman–Crippen LogP) is 17.0. The Labute approximate surface area is 427 Å². The Hall–Kier alpha value is -8.72. The third-order valence-electron chi connectivity index (χ3n) is 16.2. The average molecular weight is 935 g/mol. The Kier molecular flexibility index (Phi) is 10.5. The summed E-state index contributed by atoms with van der Waals surface area (Å²) in [6.07, 6.45) is 25.8. The fourth-order valence-corrected chi connectivity index (χ4v) is 12.9. The van der Waals surface area contributed by atoms with E-state index in [2.05, 4.69) is 276 Å². The normalized spacial score (nSPS) is 18.4. The van der Waals surface area contributed by atoms with Crippen LogP contribution < -0.4 is 15.5 Å². The maximum absolute atomic E-state index is 2.53. The largest absolute Gasteiger partial charge is 0.310 e. The number of anilines is 3. The van der Waals surface area contributed by atoms with Gasteiger partial charge >= 0.3 is 0 Å². The van der Waals surface area contributed by atoms with Crippen LogP contribution in [0.4, 0.5) is 17.1 Å². The molecule has 3 unspecified atom stereocenters. The van der Waals surface area contributed by atoms with Gasteiger partial charge in [-0.2, -0.15) is 0 Å². The Morgan fingerprint density at radius 2 is 1.10 bits per heavy atom. The molecule has 2 heteroatoms. The topological polar surface area (TPSA) is 8.17 Å². The monoisotopic (exact) mass is 934 g/mol. The van der Waals surface area contributed by atoms with E-state index in [0.717, 1.165) is 42.7 Å². The van der Waals surface area contributed by atoms with Gasteiger partial charge in [-0.15, -0.1) is 0 Å². The lowest BCUT2D eigenvalue weighted by Crippen LogP contribution is -2.35. The summed E-state index contributed by atoms with van der Waals surface area (Å²) < 4.78 is 2.45. The highest BCUT2D eigenvalue weighted by Crippen LogP contribution is 2.61. The molecular formula is C71H54N2. The lowest BCUT2D eigenvalue weighted by atomic mass is 9.62. The van der Waals surface area contributed by atoms with Crippen molar-refractivity contribution in [1.82, 2.24) is 4.57 Å². The fourth-order valence-electron chi connectivity index (χ4n) is 12.9. The molecule has 73 heavy (non-hydrogen) atoms. The molecule has 0 aliphatic heterocycles. The van der Waals surface area contributed by atoms with Crippen LogP contribution in [0.5, 0.6) is 0 Å². The number of rotatable bonds is 9. The second kappa shape index (κ2) is 17.8. The zero-order valence-corrected chi connectivity index (χ0v) is 40.8. The molecule has 10 aromatic rings. The average Bonchev–Trinajstić information content (AvgIpc) is 3.96. The van der Waals surface area contributed by atoms with Crippen molar-refractivity contribution < 1.29 is 0 Å². The second-order valence-electron chi connectivity index (χ2n) is 20.1. The van der Waals surface area contributed by atoms with Crippen LogP contribution in [0.3, 0.4) is 0 Å². The Balaban J connectivity index is 0.828. The van der Waals surface area contributed by atoms with E-state index in [4.69, 9.17) is 0 Å². The van der Waals surface area contributed by atoms with Crippen LogP contribution in [0.15, 0.2) is 260 Å². The predicted molar refractivity (Wildman–Crippen MR) is 307 cm³/mol. The molecule has 0 N–H and O–H groups in total. The van der Waals surface area contributed by atoms with Gasteiger partial charge < -0.3 is 9.47 Å². The summed E-state index contributed by atoms with van der Waals surface area (Å²) in [5, 5.41) is 6.38. The number of benzene rings is 9. The summed E-state index contributed by atoms with van der Waals surface area (Å²) in [4.78, 5) is 2.49. The summed E-state index contributed by atoms with van der Waals surface area (Å²) >= 11 is 0. The maximum atomic E-state index is 2.53. The number of hydrogen-bond donors (Lipinski definition) is 0. The van der Waals surface area contributed by atoms with Gasteiger partial charge in [0, 0.05) is 50.2 Å². The van der Waals surface area contributed by atoms with E-state index >= 15 is 0 Å². The highest BCUT2D eigenvalue weighted by molar-refractivity contribution is 5.99. The van der Waals surface area contributed by atoms with Crippen LogP contribution >= 0.6 is 0 Å². The molecule has 0 radical (unpaired) electrons. The van der Waals surface area contributed by atoms with Gasteiger partial charge in [-0.1, -0.05) is 212 Å². The molecule has 3 atom stereocenters. The highest BCUT2D eigenvalue weighted by atomic mass is 15.1. The summed E-state index contributed by atoms with van der Waals surface area (Å²) in [5.74, 6) is 0.543. The van der Waals surface area contributed by atoms with Gasteiger partial charge in [0.2, 0.25) is 0 Å². The third kappa shape index (κ3) is 7.15. The summed E-state index contributed by atoms with van der Waals surface area (Å²) in [6.45, 7) is 0. The Morgan fingerprint density at radius 1 is 0.466 bits per heavy atom. The van der Waals surface area contributed by atoms with Gasteiger partial charge in [0.15, 0.2) is 0 Å². The van der Waals surface area contributed by atoms with E-state index in [-0.39, 0.29) is 17.3 Å². The van der Waals surface area contributed by atoms with Crippen LogP contribution in [0.1, 0.15) is 48.3 Å². The minimum absolute atomic E-state index is 0.262. The molecule has 0 spiro atoms. The first kappa shape index (κ1) is 43.1. The SMILES string of the molecule is C1=CC2c3ccc(N(c4ccc(-c5ccc(-c6ccc7c(c6)c6c(n7-c7ccc(-c8ccccc8)cc7)=CCCC=6)cc5)cc4)c4cccc5ccccc45)cc3C(C3=CCCC=C3)(c3ccccc3)C2C=C1. The van der Waals surface area contributed by atoms with Crippen molar-refractivity contribution in [3.63, 3.8) is 0 Å². The van der Waals surface area contributed by atoms with Crippen molar-refractivity contribution in [2.75, 3.05) is 4.90 Å². The zero-order valence-electron chi connectivity index (χ0n) is 40.8. The van der Waals surface area contributed by atoms with Gasteiger partial charge in [-0.05, 0) is 141 Å². The number of hydrogen-bond acceptors (Lipinski definition) is 1. The van der Waals surface area contributed by atoms with Crippen LogP contribution in [0.2, 0.25) is 0 Å². The van der Waals surface area contributed by atoms with Crippen molar-refractivity contribution in [3.8, 4) is 39.1 Å². The lowest BCUT2D eigenvalue weighted by molar-refractivity contribution is 0.453. The zero-order chi connectivity index (χ0) is 48.3. The third-order valence-corrected chi connectivity index (χ3v) is 16.2. The van der Waals surface area contributed by atoms with Crippen LogP contribution in [-0.4, -0.2) is 4.57 Å². The molecule has 0 amide bonds. The van der Waals surface area contributed by atoms with E-state index in [1.165, 1.54) is 93.6 Å². The van der Waals surface area contributed by atoms with Crippen molar-refractivity contribution in [3.05, 3.63) is 288 Å². The molecule has 348 valence electrons. The van der Waals surface area contributed by atoms with Crippen LogP contribution in [-0.2, 0) is 5.41 Å². The fraction of sp³-hybridized carbons (Fsp3) is 0.0986. The minimum Gasteiger partial charge on any atom is -0.310 e. The number of nitrogens with zero attached hydrogens (tertiary/aromatic N) is 2. The summed E-state index contributed by atoms with van der Waals surface area (Å²) in [6, 6.07) is 79.2. The molecule has 0 saturated carbocycles. The highest BCUT2D eigenvalue weighted by Gasteiger charge is 2.53. The van der Waals surface area contributed by atoms with Crippen LogP contribution in [0, 0.1) is 5.92 Å². The standard InChI is InChI=1S/C71H54N2/c1-4-17-49(18-5-1)51-37-42-59(43-38-51)73-69-29-15-13-27-64(69)65-47-55(39-46-70(65)73)53-33-31-50(32-34-53)52-35-40-58(41-36-52)72(68-30-16-20-54-19-10-11-25-61(54)68)60-44-45-63-62-26-12-14-28-66(62)71(67(63)48-60,56-21-6-2-7-22-56)57-23-8-3-9-24-57/h1-2,4-8,10-12,14,16-48,62,66H,3,9,13,15H2. The first-order valence-electron chi connectivity index (χ1n) is 26.1. The summed E-state index contributed by atoms with van der Waals surface area (Å²) in [5.41, 5.74) is 18.4. The smallest absolute Gasteiger partial charge is 0.0541 e. The molecule has 4 aliphatic rings. The minimum atomic E-state index is -0.334.